The lowest BCUT2D eigenvalue weighted by atomic mass is 10.1. The summed E-state index contributed by atoms with van der Waals surface area (Å²) in [5, 5.41) is 7.63. The zero-order valence-electron chi connectivity index (χ0n) is 10.3. The number of ether oxygens (including phenoxy) is 1. The van der Waals surface area contributed by atoms with Crippen molar-refractivity contribution in [3.63, 3.8) is 0 Å². The molecule has 0 radical (unpaired) electrons. The molecule has 0 aromatic carbocycles. The Labute approximate surface area is 111 Å². The van der Waals surface area contributed by atoms with Crippen LogP contribution in [0.15, 0.2) is 12.4 Å². The van der Waals surface area contributed by atoms with Crippen LogP contribution in [0.2, 0.25) is 5.02 Å². The number of carbonyl (C=O) groups is 1. The summed E-state index contributed by atoms with van der Waals surface area (Å²) in [5.41, 5.74) is 0. The molecule has 0 bridgehead atoms. The zero-order chi connectivity index (χ0) is 12.8. The Kier molecular flexibility index (Phi) is 5.01. The minimum absolute atomic E-state index is 0.115. The third-order valence-corrected chi connectivity index (χ3v) is 3.18. The molecule has 0 spiro atoms. The number of nitrogens with one attached hydrogen (secondary N) is 1. The molecule has 1 aliphatic heterocycles. The van der Waals surface area contributed by atoms with Crippen LogP contribution in [-0.4, -0.2) is 35.4 Å². The second-order valence-electron chi connectivity index (χ2n) is 4.56. The van der Waals surface area contributed by atoms with Crippen molar-refractivity contribution in [2.75, 3.05) is 19.8 Å². The van der Waals surface area contributed by atoms with Crippen molar-refractivity contribution in [3.8, 4) is 0 Å². The standard InChI is InChI=1S/C12H18ClN3O2/c13-11-7-15-16(8-11)4-1-3-14-12(17)6-10-2-5-18-9-10/h7-8,10H,1-6,9H2,(H,14,17). The Morgan fingerprint density at radius 2 is 2.56 bits per heavy atom. The van der Waals surface area contributed by atoms with Crippen molar-refractivity contribution in [3.05, 3.63) is 17.4 Å². The van der Waals surface area contributed by atoms with Crippen LogP contribution in [-0.2, 0) is 16.1 Å². The average molecular weight is 272 g/mol. The summed E-state index contributed by atoms with van der Waals surface area (Å²) in [4.78, 5) is 11.6. The molecule has 1 aromatic heterocycles. The van der Waals surface area contributed by atoms with Gasteiger partial charge < -0.3 is 10.1 Å². The van der Waals surface area contributed by atoms with E-state index in [0.717, 1.165) is 32.6 Å². The molecule has 0 saturated carbocycles. The van der Waals surface area contributed by atoms with Crippen LogP contribution >= 0.6 is 11.6 Å². The van der Waals surface area contributed by atoms with Crippen LogP contribution in [0.1, 0.15) is 19.3 Å². The Morgan fingerprint density at radius 3 is 3.22 bits per heavy atom. The highest BCUT2D eigenvalue weighted by Gasteiger charge is 2.18. The molecule has 1 amide bonds. The average Bonchev–Trinajstić information content (AvgIpc) is 2.96. The van der Waals surface area contributed by atoms with Crippen LogP contribution in [0, 0.1) is 5.92 Å². The molecule has 1 fully saturated rings. The molecule has 0 aliphatic carbocycles. The molecule has 2 heterocycles. The quantitative estimate of drug-likeness (QED) is 0.797. The minimum atomic E-state index is 0.115. The molecule has 1 saturated heterocycles. The lowest BCUT2D eigenvalue weighted by Crippen LogP contribution is -2.27. The number of hydrogen-bond acceptors (Lipinski definition) is 3. The summed E-state index contributed by atoms with van der Waals surface area (Å²) in [6, 6.07) is 0. The molecular weight excluding hydrogens is 254 g/mol. The van der Waals surface area contributed by atoms with E-state index in [1.165, 1.54) is 0 Å². The van der Waals surface area contributed by atoms with Gasteiger partial charge in [0.1, 0.15) is 0 Å². The van der Waals surface area contributed by atoms with E-state index in [-0.39, 0.29) is 5.91 Å². The fourth-order valence-electron chi connectivity index (χ4n) is 2.01. The largest absolute Gasteiger partial charge is 0.381 e. The van der Waals surface area contributed by atoms with Crippen LogP contribution in [0.25, 0.3) is 0 Å². The first kappa shape index (κ1) is 13.4. The van der Waals surface area contributed by atoms with E-state index >= 15 is 0 Å². The van der Waals surface area contributed by atoms with E-state index in [1.54, 1.807) is 17.1 Å². The molecule has 1 aliphatic rings. The molecule has 1 N–H and O–H groups in total. The van der Waals surface area contributed by atoms with Gasteiger partial charge in [0.25, 0.3) is 0 Å². The maximum Gasteiger partial charge on any atom is 0.220 e. The molecule has 1 unspecified atom stereocenters. The predicted octanol–water partition coefficient (Wildman–Crippen LogP) is 1.47. The van der Waals surface area contributed by atoms with Gasteiger partial charge in [0, 0.05) is 38.9 Å². The molecule has 18 heavy (non-hydrogen) atoms. The van der Waals surface area contributed by atoms with Gasteiger partial charge in [-0.3, -0.25) is 9.48 Å². The number of amides is 1. The number of aryl methyl sites for hydroxylation is 1. The van der Waals surface area contributed by atoms with E-state index in [9.17, 15) is 4.79 Å². The predicted molar refractivity (Wildman–Crippen MR) is 68.4 cm³/mol. The molecule has 100 valence electrons. The Morgan fingerprint density at radius 1 is 1.67 bits per heavy atom. The maximum absolute atomic E-state index is 11.6. The van der Waals surface area contributed by atoms with Crippen LogP contribution in [0.4, 0.5) is 0 Å². The number of rotatable bonds is 6. The smallest absolute Gasteiger partial charge is 0.220 e. The summed E-state index contributed by atoms with van der Waals surface area (Å²) < 4.78 is 7.02. The minimum Gasteiger partial charge on any atom is -0.381 e. The van der Waals surface area contributed by atoms with Gasteiger partial charge in [-0.05, 0) is 18.8 Å². The summed E-state index contributed by atoms with van der Waals surface area (Å²) in [7, 11) is 0. The van der Waals surface area contributed by atoms with E-state index < -0.39 is 0 Å². The summed E-state index contributed by atoms with van der Waals surface area (Å²) in [5.74, 6) is 0.513. The van der Waals surface area contributed by atoms with Crippen molar-refractivity contribution < 1.29 is 9.53 Å². The van der Waals surface area contributed by atoms with Crippen molar-refractivity contribution in [2.45, 2.75) is 25.8 Å². The maximum atomic E-state index is 11.6. The third kappa shape index (κ3) is 4.31. The topological polar surface area (TPSA) is 56.1 Å². The Bertz CT molecular complexity index is 388. The van der Waals surface area contributed by atoms with Crippen molar-refractivity contribution in [2.24, 2.45) is 5.92 Å². The van der Waals surface area contributed by atoms with Crippen LogP contribution in [0.3, 0.4) is 0 Å². The fourth-order valence-corrected chi connectivity index (χ4v) is 2.16. The highest BCUT2D eigenvalue weighted by molar-refractivity contribution is 6.30. The van der Waals surface area contributed by atoms with Crippen molar-refractivity contribution in [1.82, 2.24) is 15.1 Å². The van der Waals surface area contributed by atoms with Gasteiger partial charge in [-0.15, -0.1) is 0 Å². The number of carbonyl (C=O) groups excluding carboxylic acids is 1. The van der Waals surface area contributed by atoms with Gasteiger partial charge in [0.2, 0.25) is 5.91 Å². The van der Waals surface area contributed by atoms with Crippen LogP contribution < -0.4 is 5.32 Å². The molecule has 1 aromatic rings. The van der Waals surface area contributed by atoms with Gasteiger partial charge in [0.05, 0.1) is 11.2 Å². The molecular formula is C12H18ClN3O2. The van der Waals surface area contributed by atoms with Crippen molar-refractivity contribution >= 4 is 17.5 Å². The monoisotopic (exact) mass is 271 g/mol. The summed E-state index contributed by atoms with van der Waals surface area (Å²) >= 11 is 5.75. The number of halogens is 1. The first-order chi connectivity index (χ1) is 8.74. The van der Waals surface area contributed by atoms with E-state index in [2.05, 4.69) is 10.4 Å². The highest BCUT2D eigenvalue weighted by atomic mass is 35.5. The number of aromatic nitrogens is 2. The first-order valence-electron chi connectivity index (χ1n) is 6.26. The number of nitrogens with zero attached hydrogens (tertiary/aromatic N) is 2. The SMILES string of the molecule is O=C(CC1CCOC1)NCCCn1cc(Cl)cn1. The van der Waals surface area contributed by atoms with Gasteiger partial charge in [0.15, 0.2) is 0 Å². The molecule has 5 nitrogen and oxygen atoms in total. The zero-order valence-corrected chi connectivity index (χ0v) is 11.0. The molecule has 6 heteroatoms. The Hall–Kier alpha value is -1.07. The van der Waals surface area contributed by atoms with Gasteiger partial charge in [-0.1, -0.05) is 11.6 Å². The second kappa shape index (κ2) is 6.75. The normalized spacial score (nSPS) is 19.1. The summed E-state index contributed by atoms with van der Waals surface area (Å²) in [6.45, 7) is 2.95. The van der Waals surface area contributed by atoms with E-state index in [4.69, 9.17) is 16.3 Å². The summed E-state index contributed by atoms with van der Waals surface area (Å²) in [6.07, 6.45) is 5.82. The van der Waals surface area contributed by atoms with Gasteiger partial charge >= 0.3 is 0 Å². The number of hydrogen-bond donors (Lipinski definition) is 1. The fraction of sp³-hybridized carbons (Fsp3) is 0.667. The molecule has 1 atom stereocenters. The lowest BCUT2D eigenvalue weighted by molar-refractivity contribution is -0.122. The molecule has 2 rings (SSSR count). The third-order valence-electron chi connectivity index (χ3n) is 2.99. The van der Waals surface area contributed by atoms with Gasteiger partial charge in [-0.2, -0.15) is 5.10 Å². The van der Waals surface area contributed by atoms with E-state index in [1.807, 2.05) is 0 Å². The van der Waals surface area contributed by atoms with Crippen LogP contribution in [0.5, 0.6) is 0 Å². The lowest BCUT2D eigenvalue weighted by Gasteiger charge is -2.08. The Balaban J connectivity index is 1.56. The van der Waals surface area contributed by atoms with E-state index in [0.29, 0.717) is 23.9 Å². The first-order valence-corrected chi connectivity index (χ1v) is 6.64. The van der Waals surface area contributed by atoms with Crippen molar-refractivity contribution in [1.29, 1.82) is 0 Å². The van der Waals surface area contributed by atoms with Gasteiger partial charge in [-0.25, -0.2) is 0 Å². The second-order valence-corrected chi connectivity index (χ2v) is 5.00. The highest BCUT2D eigenvalue weighted by Crippen LogP contribution is 2.15.